The Hall–Kier alpha value is -8.78. The summed E-state index contributed by atoms with van der Waals surface area (Å²) in [7, 11) is 0. The summed E-state index contributed by atoms with van der Waals surface area (Å²) in [5.74, 6) is 0. The van der Waals surface area contributed by atoms with Gasteiger partial charge >= 0.3 is 0 Å². The van der Waals surface area contributed by atoms with Gasteiger partial charge in [-0.05, 0) is 69.1 Å². The van der Waals surface area contributed by atoms with Crippen LogP contribution in [0.5, 0.6) is 0 Å². The quantitative estimate of drug-likeness (QED) is 0.128. The molecule has 4 aromatic heterocycles. The van der Waals surface area contributed by atoms with Crippen molar-refractivity contribution in [3.8, 4) is 39.7 Å². The second kappa shape index (κ2) is 13.9. The minimum absolute atomic E-state index is 0.432. The molecule has 0 fully saturated rings. The molecule has 0 radical (unpaired) electrons. The van der Waals surface area contributed by atoms with Crippen LogP contribution in [0.4, 0.5) is 5.69 Å². The van der Waals surface area contributed by atoms with Gasteiger partial charge in [-0.2, -0.15) is 5.26 Å². The summed E-state index contributed by atoms with van der Waals surface area (Å²) in [4.78, 5) is 4.57. The SMILES string of the molecule is [C-]#[N+]c1c(-c2ccccc2)c(C#N)c(-n2c3cc4sc5ccccc5c4cc3c3ccc4c5ccccc5sc4c32)c(-c2ccccc2)c1-n1c2cccc3c4ccccc4c4cccc1c4c32. The van der Waals surface area contributed by atoms with Gasteiger partial charge in [-0.3, -0.25) is 0 Å². The first-order valence-electron chi connectivity index (χ1n) is 22.7. The molecule has 0 saturated heterocycles. The van der Waals surface area contributed by atoms with Crippen LogP contribution in [0, 0.1) is 17.9 Å². The topological polar surface area (TPSA) is 38.0 Å². The molecule has 4 nitrogen and oxygen atoms in total. The Kier molecular flexibility index (Phi) is 7.64. The van der Waals surface area contributed by atoms with Crippen molar-refractivity contribution in [3.05, 3.63) is 211 Å². The van der Waals surface area contributed by atoms with E-state index < -0.39 is 0 Å². The summed E-state index contributed by atoms with van der Waals surface area (Å²) in [5.41, 5.74) is 9.66. The second-order valence-corrected chi connectivity index (χ2v) is 19.8. The van der Waals surface area contributed by atoms with Crippen molar-refractivity contribution in [1.29, 1.82) is 5.26 Å². The predicted octanol–water partition coefficient (Wildman–Crippen LogP) is 18.1. The third-order valence-corrected chi connectivity index (χ3v) is 16.6. The van der Waals surface area contributed by atoms with Crippen LogP contribution in [0.3, 0.4) is 0 Å². The molecule has 0 aliphatic heterocycles. The Labute approximate surface area is 396 Å². The zero-order chi connectivity index (χ0) is 44.8. The molecule has 0 N–H and O–H groups in total. The van der Waals surface area contributed by atoms with Gasteiger partial charge in [-0.15, -0.1) is 22.7 Å². The van der Waals surface area contributed by atoms with E-state index in [0.717, 1.165) is 76.4 Å². The molecule has 0 amide bonds. The van der Waals surface area contributed by atoms with Crippen molar-refractivity contribution < 1.29 is 0 Å². The van der Waals surface area contributed by atoms with Crippen LogP contribution < -0.4 is 0 Å². The van der Waals surface area contributed by atoms with E-state index in [9.17, 15) is 11.8 Å². The fourth-order valence-electron chi connectivity index (χ4n) is 11.6. The third-order valence-electron chi connectivity index (χ3n) is 14.3. The minimum Gasteiger partial charge on any atom is -0.318 e. The molecule has 0 saturated carbocycles. The Balaban J connectivity index is 1.24. The van der Waals surface area contributed by atoms with Gasteiger partial charge in [0.05, 0.1) is 50.3 Å². The summed E-state index contributed by atoms with van der Waals surface area (Å²) in [6.45, 7) is 9.35. The van der Waals surface area contributed by atoms with Gasteiger partial charge in [-0.1, -0.05) is 158 Å². The van der Waals surface area contributed by atoms with Gasteiger partial charge in [0.25, 0.3) is 0 Å². The molecule has 15 aromatic rings. The zero-order valence-electron chi connectivity index (χ0n) is 36.1. The molecular weight excluding hydrogens is 865 g/mol. The van der Waals surface area contributed by atoms with Gasteiger partial charge < -0.3 is 9.13 Å². The minimum atomic E-state index is 0.432. The standard InChI is InChI=1S/C62H32N4S2/c1-64-58-54(35-16-4-2-5-17-35)47(34-63)59(55(36-18-6-3-7-19-36)61(58)65-48-26-14-24-41-37-20-8-9-21-38(37)42-25-15-27-49(65)57(42)56(41)48)66-50-33-53-46(40-23-11-12-28-51(40)67-53)32-45(50)43-30-31-44-39-22-10-13-29-52(39)68-62(44)60(43)66/h2-33H. The van der Waals surface area contributed by atoms with Gasteiger partial charge in [-0.25, -0.2) is 4.85 Å². The van der Waals surface area contributed by atoms with Crippen LogP contribution in [0.15, 0.2) is 194 Å². The average molecular weight is 897 g/mol. The predicted molar refractivity (Wildman–Crippen MR) is 289 cm³/mol. The molecule has 6 heteroatoms. The summed E-state index contributed by atoms with van der Waals surface area (Å²) >= 11 is 3.60. The lowest BCUT2D eigenvalue weighted by molar-refractivity contribution is 1.14. The molecule has 68 heavy (non-hydrogen) atoms. The van der Waals surface area contributed by atoms with E-state index in [4.69, 9.17) is 0 Å². The zero-order valence-corrected chi connectivity index (χ0v) is 37.7. The maximum absolute atomic E-state index is 12.1. The number of nitriles is 1. The number of thiophene rings is 2. The first-order chi connectivity index (χ1) is 33.7. The third kappa shape index (κ3) is 4.84. The van der Waals surface area contributed by atoms with E-state index in [-0.39, 0.29) is 0 Å². The van der Waals surface area contributed by atoms with Crippen molar-refractivity contribution in [3.63, 3.8) is 0 Å². The van der Waals surface area contributed by atoms with Gasteiger partial charge in [0.2, 0.25) is 5.69 Å². The van der Waals surface area contributed by atoms with Crippen LogP contribution in [-0.4, -0.2) is 9.13 Å². The Morgan fingerprint density at radius 1 is 0.412 bits per heavy atom. The summed E-state index contributed by atoms with van der Waals surface area (Å²) in [6.07, 6.45) is 0. The number of fused-ring (bicyclic) bond motifs is 13. The Bertz CT molecular complexity index is 4660. The monoisotopic (exact) mass is 896 g/mol. The molecule has 11 aromatic carbocycles. The van der Waals surface area contributed by atoms with E-state index >= 15 is 0 Å². The highest BCUT2D eigenvalue weighted by Crippen LogP contribution is 2.55. The van der Waals surface area contributed by atoms with E-state index in [1.807, 2.05) is 36.4 Å². The van der Waals surface area contributed by atoms with E-state index in [1.54, 1.807) is 22.7 Å². The lowest BCUT2D eigenvalue weighted by Gasteiger charge is -2.26. The lowest BCUT2D eigenvalue weighted by Crippen LogP contribution is -2.08. The van der Waals surface area contributed by atoms with Crippen molar-refractivity contribution in [2.75, 3.05) is 0 Å². The number of nitrogens with zero attached hydrogens (tertiary/aromatic N) is 4. The van der Waals surface area contributed by atoms with Crippen LogP contribution >= 0.6 is 22.7 Å². The van der Waals surface area contributed by atoms with Crippen LogP contribution in [-0.2, 0) is 0 Å². The van der Waals surface area contributed by atoms with Crippen molar-refractivity contribution >= 4 is 134 Å². The number of rotatable bonds is 4. The van der Waals surface area contributed by atoms with E-state index in [2.05, 4.69) is 178 Å². The molecular formula is C62H32N4S2. The second-order valence-electron chi connectivity index (χ2n) is 17.6. The highest BCUT2D eigenvalue weighted by atomic mass is 32.1. The smallest absolute Gasteiger partial charge is 0.220 e. The first kappa shape index (κ1) is 37.4. The van der Waals surface area contributed by atoms with Crippen LogP contribution in [0.2, 0.25) is 0 Å². The fourth-order valence-corrected chi connectivity index (χ4v) is 14.0. The largest absolute Gasteiger partial charge is 0.318 e. The molecule has 0 aliphatic carbocycles. The summed E-state index contributed by atoms with van der Waals surface area (Å²) < 4.78 is 9.54. The normalized spacial score (nSPS) is 12.1. The number of aromatic nitrogens is 2. The van der Waals surface area contributed by atoms with E-state index in [0.29, 0.717) is 16.8 Å². The molecule has 15 rings (SSSR count). The highest BCUT2D eigenvalue weighted by molar-refractivity contribution is 7.27. The molecule has 0 bridgehead atoms. The average Bonchev–Trinajstić information content (AvgIpc) is 4.15. The van der Waals surface area contributed by atoms with Gasteiger partial charge in [0.1, 0.15) is 6.07 Å². The first-order valence-corrected chi connectivity index (χ1v) is 24.3. The van der Waals surface area contributed by atoms with Crippen LogP contribution in [0.25, 0.3) is 144 Å². The van der Waals surface area contributed by atoms with Crippen molar-refractivity contribution in [2.24, 2.45) is 0 Å². The molecule has 4 heterocycles. The molecule has 0 aliphatic rings. The molecule has 0 atom stereocenters. The molecule has 0 unspecified atom stereocenters. The number of hydrogen-bond donors (Lipinski definition) is 0. The molecule has 312 valence electrons. The van der Waals surface area contributed by atoms with Crippen molar-refractivity contribution in [2.45, 2.75) is 0 Å². The Morgan fingerprint density at radius 3 is 1.59 bits per heavy atom. The molecule has 0 spiro atoms. The summed E-state index contributed by atoms with van der Waals surface area (Å²) in [6, 6.07) is 71.9. The summed E-state index contributed by atoms with van der Waals surface area (Å²) in [5, 5.41) is 26.2. The van der Waals surface area contributed by atoms with Gasteiger partial charge in [0.15, 0.2) is 0 Å². The Morgan fingerprint density at radius 2 is 0.956 bits per heavy atom. The van der Waals surface area contributed by atoms with Crippen molar-refractivity contribution in [1.82, 2.24) is 9.13 Å². The highest BCUT2D eigenvalue weighted by Gasteiger charge is 2.33. The number of benzene rings is 11. The fraction of sp³-hybridized carbons (Fsp3) is 0. The maximum atomic E-state index is 12.1. The van der Waals surface area contributed by atoms with Gasteiger partial charge in [0, 0.05) is 68.3 Å². The maximum Gasteiger partial charge on any atom is 0.220 e. The lowest BCUT2D eigenvalue weighted by atomic mass is 9.88. The number of hydrogen-bond acceptors (Lipinski definition) is 3. The van der Waals surface area contributed by atoms with Crippen LogP contribution in [0.1, 0.15) is 5.56 Å². The van der Waals surface area contributed by atoms with E-state index in [1.165, 1.54) is 57.2 Å².